The van der Waals surface area contributed by atoms with Crippen molar-refractivity contribution < 1.29 is 4.42 Å². The van der Waals surface area contributed by atoms with Gasteiger partial charge in [0.15, 0.2) is 0 Å². The van der Waals surface area contributed by atoms with E-state index in [1.54, 1.807) is 6.26 Å². The van der Waals surface area contributed by atoms with Crippen LogP contribution in [-0.4, -0.2) is 18.1 Å². The molecule has 1 rings (SSSR count). The van der Waals surface area contributed by atoms with Gasteiger partial charge < -0.3 is 9.32 Å². The Balaban J connectivity index is 2.62. The van der Waals surface area contributed by atoms with Gasteiger partial charge in [-0.15, -0.1) is 11.6 Å². The van der Waals surface area contributed by atoms with E-state index in [2.05, 4.69) is 37.6 Å². The standard InChI is InChI=1S/C14H25ClN2O/c1-11(2)5-7-17(8-6-12(3)4)14-16-13(9-15)10-18-14/h10-12H,5-9H2,1-4H3. The molecule has 0 radical (unpaired) electrons. The Morgan fingerprint density at radius 2 is 1.72 bits per heavy atom. The summed E-state index contributed by atoms with van der Waals surface area (Å²) in [5.74, 6) is 1.79. The molecule has 104 valence electrons. The summed E-state index contributed by atoms with van der Waals surface area (Å²) in [4.78, 5) is 6.64. The largest absolute Gasteiger partial charge is 0.432 e. The van der Waals surface area contributed by atoms with Gasteiger partial charge in [-0.1, -0.05) is 27.7 Å². The van der Waals surface area contributed by atoms with Gasteiger partial charge >= 0.3 is 0 Å². The monoisotopic (exact) mass is 272 g/mol. The van der Waals surface area contributed by atoms with E-state index in [-0.39, 0.29) is 0 Å². The predicted molar refractivity (Wildman–Crippen MR) is 77.2 cm³/mol. The first-order valence-electron chi connectivity index (χ1n) is 6.78. The normalized spacial score (nSPS) is 11.5. The summed E-state index contributed by atoms with van der Waals surface area (Å²) in [6, 6.07) is 0.715. The Labute approximate surface area is 116 Å². The Kier molecular flexibility index (Phi) is 6.55. The van der Waals surface area contributed by atoms with Crippen molar-refractivity contribution in [3.8, 4) is 0 Å². The number of halogens is 1. The summed E-state index contributed by atoms with van der Waals surface area (Å²) in [5.41, 5.74) is 0.811. The van der Waals surface area contributed by atoms with Crippen molar-refractivity contribution >= 4 is 17.6 Å². The SMILES string of the molecule is CC(C)CCN(CCC(C)C)c1nc(CCl)co1. The maximum absolute atomic E-state index is 5.76. The molecule has 0 N–H and O–H groups in total. The summed E-state index contributed by atoms with van der Waals surface area (Å²) >= 11 is 5.76. The predicted octanol–water partition coefficient (Wildman–Crippen LogP) is 4.31. The van der Waals surface area contributed by atoms with E-state index >= 15 is 0 Å². The Bertz CT molecular complexity index is 324. The maximum Gasteiger partial charge on any atom is 0.297 e. The number of hydrogen-bond donors (Lipinski definition) is 0. The molecule has 3 nitrogen and oxygen atoms in total. The first-order chi connectivity index (χ1) is 8.52. The Morgan fingerprint density at radius 3 is 2.11 bits per heavy atom. The number of nitrogens with zero attached hydrogens (tertiary/aromatic N) is 2. The second-order valence-corrected chi connectivity index (χ2v) is 5.87. The molecule has 1 aromatic heterocycles. The summed E-state index contributed by atoms with van der Waals surface area (Å²) in [7, 11) is 0. The molecule has 0 saturated heterocycles. The second-order valence-electron chi connectivity index (χ2n) is 5.61. The highest BCUT2D eigenvalue weighted by Crippen LogP contribution is 2.18. The van der Waals surface area contributed by atoms with Gasteiger partial charge in [-0.3, -0.25) is 0 Å². The van der Waals surface area contributed by atoms with Crippen LogP contribution in [0.1, 0.15) is 46.2 Å². The minimum atomic E-state index is 0.408. The lowest BCUT2D eigenvalue weighted by atomic mass is 10.1. The van der Waals surface area contributed by atoms with Crippen molar-refractivity contribution in [2.45, 2.75) is 46.4 Å². The zero-order valence-corrected chi connectivity index (χ0v) is 12.7. The lowest BCUT2D eigenvalue weighted by Crippen LogP contribution is -2.27. The van der Waals surface area contributed by atoms with Gasteiger partial charge in [0.2, 0.25) is 0 Å². The second kappa shape index (κ2) is 7.67. The number of aromatic nitrogens is 1. The van der Waals surface area contributed by atoms with E-state index in [1.165, 1.54) is 0 Å². The van der Waals surface area contributed by atoms with E-state index in [1.807, 2.05) is 0 Å². The van der Waals surface area contributed by atoms with Gasteiger partial charge in [-0.05, 0) is 24.7 Å². The molecule has 0 spiro atoms. The lowest BCUT2D eigenvalue weighted by molar-refractivity contribution is 0.484. The van der Waals surface area contributed by atoms with Crippen molar-refractivity contribution in [1.82, 2.24) is 4.98 Å². The van der Waals surface area contributed by atoms with E-state index in [4.69, 9.17) is 16.0 Å². The molecule has 0 atom stereocenters. The summed E-state index contributed by atoms with van der Waals surface area (Å²) in [6.45, 7) is 10.9. The number of alkyl halides is 1. The molecule has 1 heterocycles. The molecule has 0 bridgehead atoms. The van der Waals surface area contributed by atoms with Crippen LogP contribution in [0.15, 0.2) is 10.7 Å². The van der Waals surface area contributed by atoms with Crippen molar-refractivity contribution in [2.75, 3.05) is 18.0 Å². The highest BCUT2D eigenvalue weighted by molar-refractivity contribution is 6.16. The molecule has 0 aliphatic rings. The number of rotatable bonds is 8. The minimum Gasteiger partial charge on any atom is -0.432 e. The van der Waals surface area contributed by atoms with Crippen molar-refractivity contribution in [3.05, 3.63) is 12.0 Å². The fraction of sp³-hybridized carbons (Fsp3) is 0.786. The average Bonchev–Trinajstić information content (AvgIpc) is 2.77. The first-order valence-corrected chi connectivity index (χ1v) is 7.31. The number of oxazole rings is 1. The van der Waals surface area contributed by atoms with Crippen molar-refractivity contribution in [3.63, 3.8) is 0 Å². The fourth-order valence-corrected chi connectivity index (χ4v) is 1.76. The molecule has 0 unspecified atom stereocenters. The summed E-state index contributed by atoms with van der Waals surface area (Å²) in [5, 5.41) is 0. The zero-order chi connectivity index (χ0) is 13.5. The van der Waals surface area contributed by atoms with Crippen LogP contribution in [0.4, 0.5) is 6.01 Å². The fourth-order valence-electron chi connectivity index (χ4n) is 1.63. The van der Waals surface area contributed by atoms with Crippen LogP contribution in [0, 0.1) is 11.8 Å². The average molecular weight is 273 g/mol. The van der Waals surface area contributed by atoms with E-state index < -0.39 is 0 Å². The molecular formula is C14H25ClN2O. The van der Waals surface area contributed by atoms with Crippen LogP contribution in [0.2, 0.25) is 0 Å². The molecule has 18 heavy (non-hydrogen) atoms. The third-order valence-corrected chi connectivity index (χ3v) is 3.17. The third kappa shape index (κ3) is 5.30. The summed E-state index contributed by atoms with van der Waals surface area (Å²) in [6.07, 6.45) is 3.95. The van der Waals surface area contributed by atoms with Gasteiger partial charge in [-0.25, -0.2) is 0 Å². The number of hydrogen-bond acceptors (Lipinski definition) is 3. The molecule has 0 amide bonds. The van der Waals surface area contributed by atoms with E-state index in [0.29, 0.717) is 23.7 Å². The molecule has 0 saturated carbocycles. The van der Waals surface area contributed by atoms with Gasteiger partial charge in [-0.2, -0.15) is 4.98 Å². The Hall–Kier alpha value is -0.700. The third-order valence-electron chi connectivity index (χ3n) is 2.90. The van der Waals surface area contributed by atoms with E-state index in [9.17, 15) is 0 Å². The molecular weight excluding hydrogens is 248 g/mol. The van der Waals surface area contributed by atoms with Gasteiger partial charge in [0.1, 0.15) is 6.26 Å². The van der Waals surface area contributed by atoms with Gasteiger partial charge in [0.25, 0.3) is 6.01 Å². The molecule has 0 fully saturated rings. The summed E-state index contributed by atoms with van der Waals surface area (Å²) < 4.78 is 5.51. The van der Waals surface area contributed by atoms with Crippen molar-refractivity contribution in [1.29, 1.82) is 0 Å². The molecule has 1 aromatic rings. The quantitative estimate of drug-likeness (QED) is 0.660. The van der Waals surface area contributed by atoms with Crippen LogP contribution in [0.25, 0.3) is 0 Å². The van der Waals surface area contributed by atoms with Crippen LogP contribution in [0.3, 0.4) is 0 Å². The first kappa shape index (κ1) is 15.4. The Morgan fingerprint density at radius 1 is 1.17 bits per heavy atom. The number of anilines is 1. The zero-order valence-electron chi connectivity index (χ0n) is 11.9. The maximum atomic E-state index is 5.76. The molecule has 4 heteroatoms. The van der Waals surface area contributed by atoms with Crippen LogP contribution in [0.5, 0.6) is 0 Å². The topological polar surface area (TPSA) is 29.3 Å². The van der Waals surface area contributed by atoms with Crippen LogP contribution >= 0.6 is 11.6 Å². The molecule has 0 aliphatic carbocycles. The lowest BCUT2D eigenvalue weighted by Gasteiger charge is -2.22. The highest BCUT2D eigenvalue weighted by atomic mass is 35.5. The smallest absolute Gasteiger partial charge is 0.297 e. The molecule has 0 aromatic carbocycles. The molecule has 0 aliphatic heterocycles. The van der Waals surface area contributed by atoms with Gasteiger partial charge in [0.05, 0.1) is 11.6 Å². The highest BCUT2D eigenvalue weighted by Gasteiger charge is 2.14. The van der Waals surface area contributed by atoms with Gasteiger partial charge in [0, 0.05) is 13.1 Å². The van der Waals surface area contributed by atoms with Crippen LogP contribution < -0.4 is 4.90 Å². The minimum absolute atomic E-state index is 0.408. The van der Waals surface area contributed by atoms with Crippen LogP contribution in [-0.2, 0) is 5.88 Å². The van der Waals surface area contributed by atoms with E-state index in [0.717, 1.165) is 31.6 Å². The van der Waals surface area contributed by atoms with Crippen molar-refractivity contribution in [2.24, 2.45) is 11.8 Å².